The number of aryl methyl sites for hydroxylation is 2. The predicted molar refractivity (Wildman–Crippen MR) is 64.7 cm³/mol. The van der Waals surface area contributed by atoms with E-state index in [1.165, 1.54) is 0 Å². The van der Waals surface area contributed by atoms with Gasteiger partial charge in [0.25, 0.3) is 5.56 Å². The van der Waals surface area contributed by atoms with Gasteiger partial charge in [-0.05, 0) is 43.4 Å². The number of rotatable bonds is 1. The molecule has 1 aromatic heterocycles. The van der Waals surface area contributed by atoms with Gasteiger partial charge < -0.3 is 10.1 Å². The number of aliphatic hydroxyl groups is 1. The number of benzene rings is 1. The molecule has 0 bridgehead atoms. The third kappa shape index (κ3) is 1.63. The van der Waals surface area contributed by atoms with Crippen molar-refractivity contribution in [2.24, 2.45) is 0 Å². The van der Waals surface area contributed by atoms with E-state index in [2.05, 4.69) is 4.98 Å². The molecule has 0 aliphatic carbocycles. The van der Waals surface area contributed by atoms with Crippen LogP contribution in [0.15, 0.2) is 23.0 Å². The quantitative estimate of drug-likeness (QED) is 0.769. The van der Waals surface area contributed by atoms with Crippen LogP contribution in [0.5, 0.6) is 0 Å². The molecule has 1 atom stereocenters. The molecule has 84 valence electrons. The van der Waals surface area contributed by atoms with Crippen molar-refractivity contribution in [3.8, 4) is 0 Å². The Kier molecular flexibility index (Phi) is 2.56. The van der Waals surface area contributed by atoms with Crippen molar-refractivity contribution in [1.82, 2.24) is 4.98 Å². The molecule has 2 N–H and O–H groups in total. The van der Waals surface area contributed by atoms with Crippen LogP contribution < -0.4 is 5.56 Å². The van der Waals surface area contributed by atoms with E-state index in [1.54, 1.807) is 13.0 Å². The number of hydrogen-bond donors (Lipinski definition) is 2. The van der Waals surface area contributed by atoms with E-state index in [0.29, 0.717) is 5.56 Å². The Balaban J connectivity index is 2.84. The van der Waals surface area contributed by atoms with Crippen LogP contribution in [0, 0.1) is 13.8 Å². The first-order valence-corrected chi connectivity index (χ1v) is 5.32. The summed E-state index contributed by atoms with van der Waals surface area (Å²) in [5, 5.41) is 10.4. The van der Waals surface area contributed by atoms with Crippen LogP contribution in [0.2, 0.25) is 0 Å². The fourth-order valence-corrected chi connectivity index (χ4v) is 1.85. The third-order valence-electron chi connectivity index (χ3n) is 3.03. The molecular weight excluding hydrogens is 202 g/mol. The summed E-state index contributed by atoms with van der Waals surface area (Å²) in [4.78, 5) is 14.6. The first kappa shape index (κ1) is 10.9. The zero-order valence-electron chi connectivity index (χ0n) is 9.66. The molecule has 0 saturated carbocycles. The third-order valence-corrected chi connectivity index (χ3v) is 3.03. The van der Waals surface area contributed by atoms with E-state index >= 15 is 0 Å². The molecule has 3 heteroatoms. The SMILES string of the molecule is Cc1ccc2cc(C(C)O)c(=O)[nH]c2c1C. The largest absolute Gasteiger partial charge is 0.388 e. The van der Waals surface area contributed by atoms with Crippen molar-refractivity contribution in [3.05, 3.63) is 45.2 Å². The van der Waals surface area contributed by atoms with Crippen LogP contribution in [-0.4, -0.2) is 10.1 Å². The number of aromatic amines is 1. The molecule has 0 saturated heterocycles. The van der Waals surface area contributed by atoms with E-state index in [9.17, 15) is 9.90 Å². The summed E-state index contributed by atoms with van der Waals surface area (Å²) in [6.07, 6.45) is -0.741. The lowest BCUT2D eigenvalue weighted by atomic mass is 10.0. The molecule has 0 aliphatic heterocycles. The second-order valence-corrected chi connectivity index (χ2v) is 4.20. The van der Waals surface area contributed by atoms with Gasteiger partial charge in [0.15, 0.2) is 0 Å². The van der Waals surface area contributed by atoms with Gasteiger partial charge in [-0.2, -0.15) is 0 Å². The van der Waals surface area contributed by atoms with Crippen LogP contribution >= 0.6 is 0 Å². The Bertz CT molecular complexity index is 597. The minimum absolute atomic E-state index is 0.212. The zero-order chi connectivity index (χ0) is 11.9. The number of H-pyrrole nitrogens is 1. The molecule has 2 aromatic rings. The Labute approximate surface area is 93.7 Å². The lowest BCUT2D eigenvalue weighted by molar-refractivity contribution is 0.198. The Morgan fingerprint density at radius 1 is 1.31 bits per heavy atom. The highest BCUT2D eigenvalue weighted by molar-refractivity contribution is 5.83. The van der Waals surface area contributed by atoms with E-state index in [1.807, 2.05) is 26.0 Å². The molecular formula is C13H15NO2. The van der Waals surface area contributed by atoms with Gasteiger partial charge in [-0.25, -0.2) is 0 Å². The smallest absolute Gasteiger partial charge is 0.254 e. The Morgan fingerprint density at radius 2 is 2.00 bits per heavy atom. The lowest BCUT2D eigenvalue weighted by Crippen LogP contribution is -2.15. The van der Waals surface area contributed by atoms with Gasteiger partial charge in [0.1, 0.15) is 0 Å². The number of aromatic nitrogens is 1. The summed E-state index contributed by atoms with van der Waals surface area (Å²) in [5.74, 6) is 0. The number of fused-ring (bicyclic) bond motifs is 1. The van der Waals surface area contributed by atoms with E-state index in [-0.39, 0.29) is 5.56 Å². The molecule has 3 nitrogen and oxygen atoms in total. The molecule has 0 fully saturated rings. The molecule has 0 amide bonds. The predicted octanol–water partition coefficient (Wildman–Crippen LogP) is 2.20. The van der Waals surface area contributed by atoms with Crippen LogP contribution in [-0.2, 0) is 0 Å². The minimum atomic E-state index is -0.741. The molecule has 2 rings (SSSR count). The number of aliphatic hydroxyl groups excluding tert-OH is 1. The van der Waals surface area contributed by atoms with Crippen LogP contribution in [0.4, 0.5) is 0 Å². The fraction of sp³-hybridized carbons (Fsp3) is 0.308. The number of pyridine rings is 1. The summed E-state index contributed by atoms with van der Waals surface area (Å²) in [6, 6.07) is 5.73. The van der Waals surface area contributed by atoms with Crippen molar-refractivity contribution in [2.75, 3.05) is 0 Å². The fourth-order valence-electron chi connectivity index (χ4n) is 1.85. The van der Waals surface area contributed by atoms with Crippen molar-refractivity contribution in [2.45, 2.75) is 26.9 Å². The molecule has 0 radical (unpaired) electrons. The monoisotopic (exact) mass is 217 g/mol. The first-order valence-electron chi connectivity index (χ1n) is 5.32. The van der Waals surface area contributed by atoms with Gasteiger partial charge in [-0.1, -0.05) is 12.1 Å². The van der Waals surface area contributed by atoms with Crippen molar-refractivity contribution in [3.63, 3.8) is 0 Å². The Morgan fingerprint density at radius 3 is 2.62 bits per heavy atom. The van der Waals surface area contributed by atoms with Gasteiger partial charge in [0, 0.05) is 5.56 Å². The average molecular weight is 217 g/mol. The second-order valence-electron chi connectivity index (χ2n) is 4.20. The molecule has 1 heterocycles. The highest BCUT2D eigenvalue weighted by Crippen LogP contribution is 2.20. The van der Waals surface area contributed by atoms with E-state index < -0.39 is 6.10 Å². The number of nitrogens with one attached hydrogen (secondary N) is 1. The van der Waals surface area contributed by atoms with Gasteiger partial charge >= 0.3 is 0 Å². The summed E-state index contributed by atoms with van der Waals surface area (Å²) in [5.41, 5.74) is 3.28. The minimum Gasteiger partial charge on any atom is -0.388 e. The summed E-state index contributed by atoms with van der Waals surface area (Å²) >= 11 is 0. The normalized spacial score (nSPS) is 13.0. The molecule has 1 aromatic carbocycles. The van der Waals surface area contributed by atoms with E-state index in [4.69, 9.17) is 0 Å². The highest BCUT2D eigenvalue weighted by atomic mass is 16.3. The van der Waals surface area contributed by atoms with Crippen LogP contribution in [0.3, 0.4) is 0 Å². The van der Waals surface area contributed by atoms with Gasteiger partial charge in [-0.15, -0.1) is 0 Å². The standard InChI is InChI=1S/C13H15NO2/c1-7-4-5-10-6-11(9(3)15)13(16)14-12(10)8(7)2/h4-6,9,15H,1-3H3,(H,14,16). The van der Waals surface area contributed by atoms with Crippen LogP contribution in [0.1, 0.15) is 29.7 Å². The second kappa shape index (κ2) is 3.76. The molecule has 16 heavy (non-hydrogen) atoms. The lowest BCUT2D eigenvalue weighted by Gasteiger charge is -2.09. The van der Waals surface area contributed by atoms with Crippen molar-refractivity contribution < 1.29 is 5.11 Å². The topological polar surface area (TPSA) is 53.1 Å². The van der Waals surface area contributed by atoms with E-state index in [0.717, 1.165) is 22.0 Å². The van der Waals surface area contributed by atoms with Gasteiger partial charge in [0.05, 0.1) is 11.6 Å². The molecule has 0 aliphatic rings. The highest BCUT2D eigenvalue weighted by Gasteiger charge is 2.09. The van der Waals surface area contributed by atoms with Crippen molar-refractivity contribution >= 4 is 10.9 Å². The van der Waals surface area contributed by atoms with Gasteiger partial charge in [0.2, 0.25) is 0 Å². The summed E-state index contributed by atoms with van der Waals surface area (Å²) in [6.45, 7) is 5.59. The Hall–Kier alpha value is -1.61. The van der Waals surface area contributed by atoms with Gasteiger partial charge in [-0.3, -0.25) is 4.79 Å². The van der Waals surface area contributed by atoms with Crippen LogP contribution in [0.25, 0.3) is 10.9 Å². The average Bonchev–Trinajstić information content (AvgIpc) is 2.23. The summed E-state index contributed by atoms with van der Waals surface area (Å²) < 4.78 is 0. The summed E-state index contributed by atoms with van der Waals surface area (Å²) in [7, 11) is 0. The van der Waals surface area contributed by atoms with Crippen molar-refractivity contribution in [1.29, 1.82) is 0 Å². The molecule has 0 spiro atoms. The maximum atomic E-state index is 11.7. The number of hydrogen-bond acceptors (Lipinski definition) is 2. The molecule has 1 unspecified atom stereocenters. The maximum Gasteiger partial charge on any atom is 0.254 e. The first-order chi connectivity index (χ1) is 7.50. The maximum absolute atomic E-state index is 11.7. The zero-order valence-corrected chi connectivity index (χ0v) is 9.66.